The van der Waals surface area contributed by atoms with Crippen LogP contribution >= 0.6 is 22.9 Å². The summed E-state index contributed by atoms with van der Waals surface area (Å²) in [7, 11) is 2.02. The Bertz CT molecular complexity index is 917. The van der Waals surface area contributed by atoms with Gasteiger partial charge in [-0.1, -0.05) is 23.7 Å². The normalized spacial score (nSPS) is 17.2. The minimum atomic E-state index is 0.00762. The maximum Gasteiger partial charge on any atom is 0.273 e. The Morgan fingerprint density at radius 1 is 1.32 bits per heavy atom. The van der Waals surface area contributed by atoms with Gasteiger partial charge in [-0.15, -0.1) is 11.3 Å². The van der Waals surface area contributed by atoms with Gasteiger partial charge < -0.3 is 9.47 Å². The Kier molecular flexibility index (Phi) is 4.36. The third-order valence-corrected chi connectivity index (χ3v) is 5.76. The number of thiazole rings is 1. The highest BCUT2D eigenvalue weighted by atomic mass is 35.5. The summed E-state index contributed by atoms with van der Waals surface area (Å²) in [5.41, 5.74) is 2.63. The quantitative estimate of drug-likeness (QED) is 0.664. The topological polar surface area (TPSA) is 38.1 Å². The van der Waals surface area contributed by atoms with Crippen molar-refractivity contribution in [2.45, 2.75) is 18.9 Å². The smallest absolute Gasteiger partial charge is 0.273 e. The molecule has 0 N–H and O–H groups in total. The van der Waals surface area contributed by atoms with E-state index in [0.29, 0.717) is 10.7 Å². The zero-order valence-corrected chi connectivity index (χ0v) is 15.4. The van der Waals surface area contributed by atoms with E-state index >= 15 is 0 Å². The molecule has 0 saturated carbocycles. The van der Waals surface area contributed by atoms with Crippen molar-refractivity contribution in [1.82, 2.24) is 14.5 Å². The van der Waals surface area contributed by atoms with E-state index in [2.05, 4.69) is 15.6 Å². The maximum absolute atomic E-state index is 13.0. The lowest BCUT2D eigenvalue weighted by atomic mass is 10.1. The van der Waals surface area contributed by atoms with E-state index in [-0.39, 0.29) is 11.9 Å². The molecule has 1 unspecified atom stereocenters. The second kappa shape index (κ2) is 6.65. The largest absolute Gasteiger partial charge is 0.353 e. The van der Waals surface area contributed by atoms with Gasteiger partial charge in [0.05, 0.1) is 6.04 Å². The summed E-state index contributed by atoms with van der Waals surface area (Å²) in [6.07, 6.45) is 4.04. The van der Waals surface area contributed by atoms with Crippen molar-refractivity contribution in [3.05, 3.63) is 64.4 Å². The Hall–Kier alpha value is -2.11. The summed E-state index contributed by atoms with van der Waals surface area (Å²) in [6, 6.07) is 11.8. The number of aromatic nitrogens is 2. The van der Waals surface area contributed by atoms with Crippen molar-refractivity contribution < 1.29 is 4.79 Å². The van der Waals surface area contributed by atoms with Gasteiger partial charge in [0.15, 0.2) is 0 Å². The van der Waals surface area contributed by atoms with Crippen LogP contribution in [0.3, 0.4) is 0 Å². The van der Waals surface area contributed by atoms with Crippen LogP contribution in [0.5, 0.6) is 0 Å². The number of hydrogen-bond donors (Lipinski definition) is 0. The van der Waals surface area contributed by atoms with E-state index in [4.69, 9.17) is 11.6 Å². The molecule has 2 aromatic heterocycles. The molecule has 0 aliphatic carbocycles. The van der Waals surface area contributed by atoms with Crippen LogP contribution in [-0.4, -0.2) is 26.9 Å². The first kappa shape index (κ1) is 16.4. The van der Waals surface area contributed by atoms with Crippen LogP contribution < -0.4 is 0 Å². The van der Waals surface area contributed by atoms with Gasteiger partial charge in [0.25, 0.3) is 5.91 Å². The first-order valence-corrected chi connectivity index (χ1v) is 9.53. The van der Waals surface area contributed by atoms with Crippen LogP contribution in [0, 0.1) is 0 Å². The van der Waals surface area contributed by atoms with Crippen LogP contribution in [0.4, 0.5) is 0 Å². The van der Waals surface area contributed by atoms with E-state index in [1.807, 2.05) is 53.9 Å². The first-order valence-electron chi connectivity index (χ1n) is 8.27. The lowest BCUT2D eigenvalue weighted by molar-refractivity contribution is 0.0726. The number of carbonyl (C=O) groups excluding carboxylic acids is 1. The summed E-state index contributed by atoms with van der Waals surface area (Å²) in [4.78, 5) is 19.5. The van der Waals surface area contributed by atoms with Gasteiger partial charge in [-0.2, -0.15) is 0 Å². The third-order valence-electron chi connectivity index (χ3n) is 4.63. The fourth-order valence-corrected chi connectivity index (χ4v) is 4.39. The van der Waals surface area contributed by atoms with Crippen LogP contribution in [0.2, 0.25) is 5.02 Å². The molecule has 1 atom stereocenters. The molecular weight excluding hydrogens is 354 g/mol. The molecule has 1 aromatic carbocycles. The minimum Gasteiger partial charge on any atom is -0.353 e. The molecule has 6 heteroatoms. The molecular formula is C19H18ClN3OS. The number of amides is 1. The van der Waals surface area contributed by atoms with Gasteiger partial charge in [-0.3, -0.25) is 4.79 Å². The van der Waals surface area contributed by atoms with E-state index in [1.165, 1.54) is 17.0 Å². The molecule has 0 bridgehead atoms. The van der Waals surface area contributed by atoms with Gasteiger partial charge >= 0.3 is 0 Å². The Morgan fingerprint density at radius 3 is 2.96 bits per heavy atom. The van der Waals surface area contributed by atoms with Crippen molar-refractivity contribution in [1.29, 1.82) is 0 Å². The summed E-state index contributed by atoms with van der Waals surface area (Å²) in [5.74, 6) is 0.00762. The van der Waals surface area contributed by atoms with Gasteiger partial charge in [-0.25, -0.2) is 4.98 Å². The van der Waals surface area contributed by atoms with Crippen molar-refractivity contribution in [2.24, 2.45) is 7.05 Å². The van der Waals surface area contributed by atoms with E-state index in [1.54, 1.807) is 0 Å². The zero-order chi connectivity index (χ0) is 17.4. The molecule has 1 fully saturated rings. The standard InChI is InChI=1S/C19H18ClN3OS/c1-22-9-3-7-16(22)17-8-4-10-23(17)19(24)15-12-25-18(21-15)13-5-2-6-14(20)11-13/h2-3,5-7,9,11-12,17H,4,8,10H2,1H3. The zero-order valence-electron chi connectivity index (χ0n) is 13.9. The Labute approximate surface area is 155 Å². The summed E-state index contributed by atoms with van der Waals surface area (Å²) in [6.45, 7) is 0.776. The highest BCUT2D eigenvalue weighted by Gasteiger charge is 2.32. The number of rotatable bonds is 3. The van der Waals surface area contributed by atoms with Gasteiger partial charge in [0.1, 0.15) is 10.7 Å². The number of hydrogen-bond acceptors (Lipinski definition) is 3. The minimum absolute atomic E-state index is 0.00762. The average Bonchev–Trinajstić information content (AvgIpc) is 3.34. The summed E-state index contributed by atoms with van der Waals surface area (Å²) < 4.78 is 2.09. The number of benzene rings is 1. The molecule has 0 radical (unpaired) electrons. The molecule has 0 spiro atoms. The molecule has 1 aliphatic rings. The second-order valence-corrected chi connectivity index (χ2v) is 7.54. The van der Waals surface area contributed by atoms with Gasteiger partial charge in [0, 0.05) is 41.4 Å². The maximum atomic E-state index is 13.0. The molecule has 128 valence electrons. The highest BCUT2D eigenvalue weighted by Crippen LogP contribution is 2.34. The molecule has 1 saturated heterocycles. The molecule has 3 heterocycles. The monoisotopic (exact) mass is 371 g/mol. The lowest BCUT2D eigenvalue weighted by Gasteiger charge is -2.24. The van der Waals surface area contributed by atoms with Crippen molar-refractivity contribution >= 4 is 28.8 Å². The summed E-state index contributed by atoms with van der Waals surface area (Å²) >= 11 is 7.54. The second-order valence-electron chi connectivity index (χ2n) is 6.25. The van der Waals surface area contributed by atoms with Crippen molar-refractivity contribution in [2.75, 3.05) is 6.54 Å². The number of likely N-dealkylation sites (tertiary alicyclic amines) is 1. The van der Waals surface area contributed by atoms with Crippen LogP contribution in [0.1, 0.15) is 35.1 Å². The summed E-state index contributed by atoms with van der Waals surface area (Å²) in [5, 5.41) is 3.34. The van der Waals surface area contributed by atoms with Crippen LogP contribution in [-0.2, 0) is 7.05 Å². The fourth-order valence-electron chi connectivity index (χ4n) is 3.41. The van der Waals surface area contributed by atoms with E-state index in [9.17, 15) is 4.79 Å². The Balaban J connectivity index is 1.60. The molecule has 1 amide bonds. The number of nitrogens with zero attached hydrogens (tertiary/aromatic N) is 3. The number of carbonyl (C=O) groups is 1. The molecule has 4 rings (SSSR count). The molecule has 4 nitrogen and oxygen atoms in total. The van der Waals surface area contributed by atoms with Crippen molar-refractivity contribution in [3.8, 4) is 10.6 Å². The highest BCUT2D eigenvalue weighted by molar-refractivity contribution is 7.13. The fraction of sp³-hybridized carbons (Fsp3) is 0.263. The Morgan fingerprint density at radius 2 is 2.20 bits per heavy atom. The lowest BCUT2D eigenvalue weighted by Crippen LogP contribution is -2.31. The van der Waals surface area contributed by atoms with E-state index < -0.39 is 0 Å². The predicted octanol–water partition coefficient (Wildman–Crippen LogP) is 4.78. The number of aryl methyl sites for hydroxylation is 1. The van der Waals surface area contributed by atoms with Crippen LogP contribution in [0.25, 0.3) is 10.6 Å². The first-order chi connectivity index (χ1) is 12.1. The number of halogens is 1. The predicted molar refractivity (Wildman–Crippen MR) is 101 cm³/mol. The van der Waals surface area contributed by atoms with Crippen LogP contribution in [0.15, 0.2) is 48.0 Å². The average molecular weight is 372 g/mol. The van der Waals surface area contributed by atoms with E-state index in [0.717, 1.165) is 30.0 Å². The van der Waals surface area contributed by atoms with Gasteiger partial charge in [-0.05, 0) is 37.1 Å². The third kappa shape index (κ3) is 3.10. The molecule has 3 aromatic rings. The molecule has 25 heavy (non-hydrogen) atoms. The SMILES string of the molecule is Cn1cccc1C1CCCN1C(=O)c1csc(-c2cccc(Cl)c2)n1. The van der Waals surface area contributed by atoms with Crippen molar-refractivity contribution in [3.63, 3.8) is 0 Å². The van der Waals surface area contributed by atoms with Gasteiger partial charge in [0.2, 0.25) is 0 Å². The molecule has 1 aliphatic heterocycles.